The molecule has 3 heterocycles. The SMILES string of the molecule is CC(=O)OC[C@@]12C(=O)C[C@@H](C)[C@]3(C[C@H](c4ccoc4)OC3=O)[C@H]1CC[C@H](OC(C)=O)[C@]21CO1. The van der Waals surface area contributed by atoms with E-state index in [1.807, 2.05) is 6.92 Å². The van der Waals surface area contributed by atoms with Crippen molar-refractivity contribution >= 4 is 23.7 Å². The first-order chi connectivity index (χ1) is 15.7. The summed E-state index contributed by atoms with van der Waals surface area (Å²) in [5.41, 5.74) is -2.61. The minimum Gasteiger partial charge on any atom is -0.472 e. The molecule has 5 rings (SSSR count). The van der Waals surface area contributed by atoms with E-state index in [0.29, 0.717) is 19.3 Å². The van der Waals surface area contributed by atoms with Crippen molar-refractivity contribution in [3.05, 3.63) is 24.2 Å². The lowest BCUT2D eigenvalue weighted by molar-refractivity contribution is -0.206. The first kappa shape index (κ1) is 22.1. The molecule has 178 valence electrons. The zero-order chi connectivity index (χ0) is 23.6. The van der Waals surface area contributed by atoms with Gasteiger partial charge >= 0.3 is 17.9 Å². The van der Waals surface area contributed by atoms with Gasteiger partial charge in [-0.15, -0.1) is 0 Å². The molecule has 0 bridgehead atoms. The van der Waals surface area contributed by atoms with Crippen LogP contribution in [0.4, 0.5) is 0 Å². The van der Waals surface area contributed by atoms with E-state index in [0.717, 1.165) is 5.56 Å². The quantitative estimate of drug-likeness (QED) is 0.379. The van der Waals surface area contributed by atoms with E-state index >= 15 is 0 Å². The Morgan fingerprint density at radius 2 is 1.94 bits per heavy atom. The molecule has 2 spiro atoms. The highest BCUT2D eigenvalue weighted by molar-refractivity contribution is 5.93. The molecule has 2 saturated carbocycles. The Kier molecular flexibility index (Phi) is 4.97. The predicted molar refractivity (Wildman–Crippen MR) is 109 cm³/mol. The molecule has 0 amide bonds. The number of hydrogen-bond donors (Lipinski definition) is 0. The number of hydrogen-bond acceptors (Lipinski definition) is 9. The number of epoxide rings is 1. The highest BCUT2D eigenvalue weighted by atomic mass is 16.6. The minimum absolute atomic E-state index is 0.114. The van der Waals surface area contributed by atoms with Crippen LogP contribution in [0.2, 0.25) is 0 Å². The molecule has 2 aliphatic heterocycles. The van der Waals surface area contributed by atoms with Gasteiger partial charge in [0.2, 0.25) is 0 Å². The molecule has 1 aromatic heterocycles. The van der Waals surface area contributed by atoms with E-state index < -0.39 is 46.5 Å². The summed E-state index contributed by atoms with van der Waals surface area (Å²) in [5.74, 6) is -2.24. The second kappa shape index (κ2) is 7.41. The maximum atomic E-state index is 13.8. The summed E-state index contributed by atoms with van der Waals surface area (Å²) in [6.07, 6.45) is 3.34. The van der Waals surface area contributed by atoms with E-state index in [-0.39, 0.29) is 37.3 Å². The van der Waals surface area contributed by atoms with Crippen LogP contribution in [0.3, 0.4) is 0 Å². The average Bonchev–Trinajstić information content (AvgIpc) is 3.19. The Bertz CT molecular complexity index is 994. The summed E-state index contributed by atoms with van der Waals surface area (Å²) in [6, 6.07) is 1.77. The number of ketones is 1. The van der Waals surface area contributed by atoms with E-state index in [2.05, 4.69) is 0 Å². The van der Waals surface area contributed by atoms with Crippen molar-refractivity contribution in [3.63, 3.8) is 0 Å². The smallest absolute Gasteiger partial charge is 0.313 e. The molecule has 0 aromatic carbocycles. The van der Waals surface area contributed by atoms with Crippen molar-refractivity contribution < 1.29 is 42.5 Å². The molecule has 9 heteroatoms. The second-order valence-electron chi connectivity index (χ2n) is 9.88. The van der Waals surface area contributed by atoms with E-state index in [9.17, 15) is 19.2 Å². The van der Waals surface area contributed by atoms with Crippen LogP contribution < -0.4 is 0 Å². The number of ether oxygens (including phenoxy) is 4. The number of fused-ring (bicyclic) bond motifs is 3. The van der Waals surface area contributed by atoms with Crippen LogP contribution in [0.25, 0.3) is 0 Å². The van der Waals surface area contributed by atoms with Crippen LogP contribution in [0.15, 0.2) is 23.0 Å². The summed E-state index contributed by atoms with van der Waals surface area (Å²) in [6.45, 7) is 4.48. The van der Waals surface area contributed by atoms with Crippen molar-refractivity contribution in [2.24, 2.45) is 22.7 Å². The topological polar surface area (TPSA) is 122 Å². The van der Waals surface area contributed by atoms with Gasteiger partial charge in [0.15, 0.2) is 0 Å². The molecule has 2 saturated heterocycles. The van der Waals surface area contributed by atoms with Crippen LogP contribution in [0.1, 0.15) is 58.1 Å². The lowest BCUT2D eigenvalue weighted by atomic mass is 9.42. The summed E-state index contributed by atoms with van der Waals surface area (Å²) < 4.78 is 28.1. The Morgan fingerprint density at radius 1 is 1.18 bits per heavy atom. The lowest BCUT2D eigenvalue weighted by Crippen LogP contribution is -2.70. The zero-order valence-corrected chi connectivity index (χ0v) is 19.0. The van der Waals surface area contributed by atoms with Gasteiger partial charge < -0.3 is 23.4 Å². The first-order valence-corrected chi connectivity index (χ1v) is 11.4. The number of carbonyl (C=O) groups excluding carboxylic acids is 4. The summed E-state index contributed by atoms with van der Waals surface area (Å²) in [7, 11) is 0. The molecule has 4 fully saturated rings. The molecule has 4 aliphatic rings. The highest BCUT2D eigenvalue weighted by Gasteiger charge is 2.81. The van der Waals surface area contributed by atoms with Gasteiger partial charge in [0, 0.05) is 32.3 Å². The zero-order valence-electron chi connectivity index (χ0n) is 19.0. The highest BCUT2D eigenvalue weighted by Crippen LogP contribution is 2.70. The maximum absolute atomic E-state index is 13.8. The fourth-order valence-electron chi connectivity index (χ4n) is 6.89. The fraction of sp³-hybridized carbons (Fsp3) is 0.667. The summed E-state index contributed by atoms with van der Waals surface area (Å²) >= 11 is 0. The van der Waals surface area contributed by atoms with Gasteiger partial charge in [-0.3, -0.25) is 19.2 Å². The van der Waals surface area contributed by atoms with Crippen LogP contribution in [0.5, 0.6) is 0 Å². The van der Waals surface area contributed by atoms with Crippen LogP contribution in [-0.4, -0.2) is 48.6 Å². The number of carbonyl (C=O) groups is 4. The van der Waals surface area contributed by atoms with Crippen molar-refractivity contribution in [1.82, 2.24) is 0 Å². The Balaban J connectivity index is 1.62. The number of cyclic esters (lactones) is 1. The van der Waals surface area contributed by atoms with Gasteiger partial charge in [0.1, 0.15) is 35.6 Å². The summed E-state index contributed by atoms with van der Waals surface area (Å²) in [5, 5.41) is 0. The lowest BCUT2D eigenvalue weighted by Gasteiger charge is -2.58. The molecular weight excluding hydrogens is 432 g/mol. The average molecular weight is 460 g/mol. The van der Waals surface area contributed by atoms with E-state index in [1.165, 1.54) is 20.1 Å². The number of esters is 3. The Labute approximate surface area is 191 Å². The first-order valence-electron chi connectivity index (χ1n) is 11.4. The largest absolute Gasteiger partial charge is 0.472 e. The van der Waals surface area contributed by atoms with E-state index in [4.69, 9.17) is 23.4 Å². The molecule has 9 nitrogen and oxygen atoms in total. The van der Waals surface area contributed by atoms with Crippen LogP contribution >= 0.6 is 0 Å². The third-order valence-electron chi connectivity index (χ3n) is 8.41. The third kappa shape index (κ3) is 2.94. The van der Waals surface area contributed by atoms with Crippen molar-refractivity contribution in [2.45, 2.75) is 64.3 Å². The molecule has 2 aliphatic carbocycles. The van der Waals surface area contributed by atoms with Gasteiger partial charge in [0.25, 0.3) is 0 Å². The molecule has 33 heavy (non-hydrogen) atoms. The maximum Gasteiger partial charge on any atom is 0.313 e. The summed E-state index contributed by atoms with van der Waals surface area (Å²) in [4.78, 5) is 51.1. The van der Waals surface area contributed by atoms with Crippen molar-refractivity contribution in [3.8, 4) is 0 Å². The van der Waals surface area contributed by atoms with Crippen molar-refractivity contribution in [2.75, 3.05) is 13.2 Å². The Hall–Kier alpha value is -2.68. The Morgan fingerprint density at radius 3 is 2.55 bits per heavy atom. The van der Waals surface area contributed by atoms with Gasteiger partial charge in [0.05, 0.1) is 24.5 Å². The standard InChI is InChI=1S/C24H28O9/c1-13-8-19(27)23(11-30-14(2)25)18(4-5-20(32-15(3)26)24(23)12-31-24)22(13)9-17(33-21(22)28)16-6-7-29-10-16/h6-7,10,13,17-18,20H,4-5,8-9,11-12H2,1-3H3/t13-,17-,18-,20+,22-,23+,24-/m1/s1. The minimum atomic E-state index is -1.30. The number of furan rings is 1. The predicted octanol–water partition coefficient (Wildman–Crippen LogP) is 2.52. The van der Waals surface area contributed by atoms with Gasteiger partial charge in [-0.05, 0) is 30.7 Å². The number of Topliss-reactive ketones (excluding diaryl/α,β-unsaturated/α-hetero) is 1. The molecule has 7 atom stereocenters. The van der Waals surface area contributed by atoms with E-state index in [1.54, 1.807) is 12.3 Å². The second-order valence-corrected chi connectivity index (χ2v) is 9.88. The van der Waals surface area contributed by atoms with Crippen LogP contribution in [0, 0.1) is 22.7 Å². The molecular formula is C24H28O9. The number of rotatable bonds is 4. The monoisotopic (exact) mass is 460 g/mol. The normalized spacial score (nSPS) is 41.5. The van der Waals surface area contributed by atoms with Gasteiger partial charge in [-0.25, -0.2) is 0 Å². The fourth-order valence-corrected chi connectivity index (χ4v) is 6.89. The molecule has 1 aromatic rings. The van der Waals surface area contributed by atoms with Crippen molar-refractivity contribution in [1.29, 1.82) is 0 Å². The van der Waals surface area contributed by atoms with Gasteiger partial charge in [-0.2, -0.15) is 0 Å². The molecule has 0 N–H and O–H groups in total. The third-order valence-corrected chi connectivity index (χ3v) is 8.41. The molecule has 0 radical (unpaired) electrons. The van der Waals surface area contributed by atoms with Crippen LogP contribution in [-0.2, 0) is 38.1 Å². The van der Waals surface area contributed by atoms with Gasteiger partial charge in [-0.1, -0.05) is 6.92 Å². The molecule has 0 unspecified atom stereocenters.